The molecule has 0 radical (unpaired) electrons. The predicted octanol–water partition coefficient (Wildman–Crippen LogP) is 2.79. The molecule has 1 N–H and O–H groups in total. The summed E-state index contributed by atoms with van der Waals surface area (Å²) in [5, 5.41) is 11.4. The van der Waals surface area contributed by atoms with Crippen molar-refractivity contribution in [1.82, 2.24) is 20.1 Å². The molecule has 29 heavy (non-hydrogen) atoms. The molecule has 2 aliphatic rings. The first kappa shape index (κ1) is 17.7. The molecule has 3 heterocycles. The first-order valence-corrected chi connectivity index (χ1v) is 9.90. The molecular weight excluding hydrogens is 368 g/mol. The normalized spacial score (nSPS) is 15.2. The Balaban J connectivity index is 1.33. The number of carbonyl (C=O) groups excluding carboxylic acids is 1. The monoisotopic (exact) mass is 390 g/mol. The first-order valence-electron chi connectivity index (χ1n) is 9.90. The van der Waals surface area contributed by atoms with Crippen molar-refractivity contribution in [1.29, 1.82) is 0 Å². The van der Waals surface area contributed by atoms with E-state index in [0.29, 0.717) is 13.0 Å². The van der Waals surface area contributed by atoms with Gasteiger partial charge in [0.1, 0.15) is 5.82 Å². The molecule has 0 unspecified atom stereocenters. The lowest BCUT2D eigenvalue weighted by Crippen LogP contribution is -2.26. The minimum atomic E-state index is -0.0742. The van der Waals surface area contributed by atoms with Gasteiger partial charge in [-0.15, -0.1) is 10.2 Å². The Morgan fingerprint density at radius 2 is 1.93 bits per heavy atom. The fourth-order valence-electron chi connectivity index (χ4n) is 4.02. The summed E-state index contributed by atoms with van der Waals surface area (Å²) in [6, 6.07) is 15.9. The topological polar surface area (TPSA) is 78.3 Å². The van der Waals surface area contributed by atoms with Gasteiger partial charge >= 0.3 is 0 Å². The summed E-state index contributed by atoms with van der Waals surface area (Å²) in [4.78, 5) is 12.8. The number of rotatable bonds is 6. The number of aromatic nitrogens is 3. The molecule has 0 saturated carbocycles. The minimum Gasteiger partial charge on any atom is -0.454 e. The van der Waals surface area contributed by atoms with E-state index in [-0.39, 0.29) is 18.6 Å². The molecule has 1 aromatic heterocycles. The Labute approximate surface area is 168 Å². The fourth-order valence-corrected chi connectivity index (χ4v) is 4.02. The third-order valence-corrected chi connectivity index (χ3v) is 5.52. The van der Waals surface area contributed by atoms with Crippen LogP contribution < -0.4 is 14.8 Å². The summed E-state index contributed by atoms with van der Waals surface area (Å²) < 4.78 is 13.1. The Hall–Kier alpha value is -3.35. The van der Waals surface area contributed by atoms with Crippen molar-refractivity contribution in [3.63, 3.8) is 0 Å². The van der Waals surface area contributed by atoms with E-state index in [0.717, 1.165) is 53.7 Å². The molecule has 2 aromatic carbocycles. The van der Waals surface area contributed by atoms with Gasteiger partial charge in [-0.2, -0.15) is 0 Å². The lowest BCUT2D eigenvalue weighted by Gasteiger charge is -2.18. The van der Waals surface area contributed by atoms with Gasteiger partial charge in [0.25, 0.3) is 0 Å². The van der Waals surface area contributed by atoms with Crippen LogP contribution in [0.15, 0.2) is 48.5 Å². The van der Waals surface area contributed by atoms with Gasteiger partial charge in [0.2, 0.25) is 12.7 Å². The Morgan fingerprint density at radius 1 is 1.07 bits per heavy atom. The van der Waals surface area contributed by atoms with Crippen LogP contribution in [0.1, 0.15) is 41.5 Å². The van der Waals surface area contributed by atoms with E-state index in [1.165, 1.54) is 0 Å². The summed E-state index contributed by atoms with van der Waals surface area (Å²) in [6.45, 7) is 1.56. The van der Waals surface area contributed by atoms with Crippen molar-refractivity contribution < 1.29 is 14.3 Å². The van der Waals surface area contributed by atoms with Crippen molar-refractivity contribution in [2.45, 2.75) is 38.3 Å². The number of aryl methyl sites for hydroxylation is 1. The number of nitrogens with zero attached hydrogens (tertiary/aromatic N) is 3. The predicted molar refractivity (Wildman–Crippen MR) is 106 cm³/mol. The van der Waals surface area contributed by atoms with E-state index < -0.39 is 0 Å². The van der Waals surface area contributed by atoms with E-state index in [2.05, 4.69) is 20.1 Å². The molecular formula is C22H22N4O3. The molecule has 0 aliphatic carbocycles. The van der Waals surface area contributed by atoms with E-state index in [4.69, 9.17) is 9.47 Å². The molecule has 0 saturated heterocycles. The SMILES string of the molecule is O=C(C[C@H](c1ccccc1)c1ccc2c(c1)OCO2)NCc1nnc2n1CCC2. The smallest absolute Gasteiger partial charge is 0.231 e. The molecule has 148 valence electrons. The van der Waals surface area contributed by atoms with E-state index in [1.54, 1.807) is 0 Å². The highest BCUT2D eigenvalue weighted by molar-refractivity contribution is 5.77. The van der Waals surface area contributed by atoms with Gasteiger partial charge in [0, 0.05) is 25.3 Å². The van der Waals surface area contributed by atoms with Crippen LogP contribution in [-0.2, 0) is 24.3 Å². The van der Waals surface area contributed by atoms with Crippen molar-refractivity contribution in [3.8, 4) is 11.5 Å². The maximum absolute atomic E-state index is 12.8. The molecule has 0 spiro atoms. The maximum atomic E-state index is 12.8. The van der Waals surface area contributed by atoms with Crippen LogP contribution in [-0.4, -0.2) is 27.5 Å². The lowest BCUT2D eigenvalue weighted by molar-refractivity contribution is -0.121. The second-order valence-corrected chi connectivity index (χ2v) is 7.34. The van der Waals surface area contributed by atoms with Crippen LogP contribution in [0.5, 0.6) is 11.5 Å². The highest BCUT2D eigenvalue weighted by atomic mass is 16.7. The largest absolute Gasteiger partial charge is 0.454 e. The molecule has 5 rings (SSSR count). The van der Waals surface area contributed by atoms with Crippen LogP contribution in [0.25, 0.3) is 0 Å². The second-order valence-electron chi connectivity index (χ2n) is 7.34. The number of hydrogen-bond acceptors (Lipinski definition) is 5. The van der Waals surface area contributed by atoms with E-state index in [9.17, 15) is 4.79 Å². The zero-order valence-corrected chi connectivity index (χ0v) is 16.0. The highest BCUT2D eigenvalue weighted by Crippen LogP contribution is 2.37. The van der Waals surface area contributed by atoms with Gasteiger partial charge in [0.05, 0.1) is 6.54 Å². The number of fused-ring (bicyclic) bond motifs is 2. The van der Waals surface area contributed by atoms with Gasteiger partial charge in [-0.3, -0.25) is 4.79 Å². The molecule has 0 fully saturated rings. The number of nitrogens with one attached hydrogen (secondary N) is 1. The first-order chi connectivity index (χ1) is 14.3. The summed E-state index contributed by atoms with van der Waals surface area (Å²) in [5.74, 6) is 3.21. The zero-order valence-electron chi connectivity index (χ0n) is 16.0. The Morgan fingerprint density at radius 3 is 2.83 bits per heavy atom. The Kier molecular flexibility index (Phi) is 4.63. The van der Waals surface area contributed by atoms with Crippen molar-refractivity contribution >= 4 is 5.91 Å². The van der Waals surface area contributed by atoms with Crippen LogP contribution in [0.3, 0.4) is 0 Å². The molecule has 7 heteroatoms. The quantitative estimate of drug-likeness (QED) is 0.700. The van der Waals surface area contributed by atoms with Crippen LogP contribution in [0.4, 0.5) is 0 Å². The number of amides is 1. The lowest BCUT2D eigenvalue weighted by atomic mass is 9.88. The maximum Gasteiger partial charge on any atom is 0.231 e. The highest BCUT2D eigenvalue weighted by Gasteiger charge is 2.23. The summed E-state index contributed by atoms with van der Waals surface area (Å²) in [6.07, 6.45) is 2.39. The third-order valence-electron chi connectivity index (χ3n) is 5.52. The van der Waals surface area contributed by atoms with Crippen LogP contribution in [0.2, 0.25) is 0 Å². The van der Waals surface area contributed by atoms with Gasteiger partial charge in [-0.1, -0.05) is 36.4 Å². The third kappa shape index (κ3) is 3.55. The summed E-state index contributed by atoms with van der Waals surface area (Å²) in [5.41, 5.74) is 2.11. The van der Waals surface area contributed by atoms with Gasteiger partial charge in [-0.25, -0.2) is 0 Å². The molecule has 1 atom stereocenters. The van der Waals surface area contributed by atoms with Crippen LogP contribution in [0, 0.1) is 0 Å². The standard InChI is InChI=1S/C22H22N4O3/c27-22(23-13-21-25-24-20-7-4-10-26(20)21)12-17(15-5-2-1-3-6-15)16-8-9-18-19(11-16)29-14-28-18/h1-3,5-6,8-9,11,17H,4,7,10,12-14H2,(H,23,27)/t17-/m1/s1. The number of carbonyl (C=O) groups is 1. The minimum absolute atomic E-state index is 0.0214. The summed E-state index contributed by atoms with van der Waals surface area (Å²) >= 11 is 0. The van der Waals surface area contributed by atoms with Gasteiger partial charge in [0.15, 0.2) is 17.3 Å². The molecule has 2 aliphatic heterocycles. The average Bonchev–Trinajstić information content (AvgIpc) is 3.48. The molecule has 7 nitrogen and oxygen atoms in total. The Bertz CT molecular complexity index is 1030. The zero-order chi connectivity index (χ0) is 19.6. The molecule has 1 amide bonds. The number of benzene rings is 2. The van der Waals surface area contributed by atoms with Gasteiger partial charge < -0.3 is 19.4 Å². The average molecular weight is 390 g/mol. The van der Waals surface area contributed by atoms with Crippen molar-refractivity contribution in [2.24, 2.45) is 0 Å². The van der Waals surface area contributed by atoms with E-state index >= 15 is 0 Å². The van der Waals surface area contributed by atoms with Crippen molar-refractivity contribution in [3.05, 3.63) is 71.3 Å². The van der Waals surface area contributed by atoms with E-state index in [1.807, 2.05) is 48.5 Å². The van der Waals surface area contributed by atoms with Crippen molar-refractivity contribution in [2.75, 3.05) is 6.79 Å². The summed E-state index contributed by atoms with van der Waals surface area (Å²) in [7, 11) is 0. The van der Waals surface area contributed by atoms with Gasteiger partial charge in [-0.05, 0) is 29.7 Å². The number of ether oxygens (including phenoxy) is 2. The number of hydrogen-bond donors (Lipinski definition) is 1. The molecule has 0 bridgehead atoms. The fraction of sp³-hybridized carbons (Fsp3) is 0.318. The van der Waals surface area contributed by atoms with Crippen LogP contribution >= 0.6 is 0 Å². The molecule has 3 aromatic rings. The second kappa shape index (κ2) is 7.58.